The van der Waals surface area contributed by atoms with Gasteiger partial charge in [0.2, 0.25) is 5.95 Å². The number of thiophene rings is 1. The van der Waals surface area contributed by atoms with Gasteiger partial charge in [-0.1, -0.05) is 6.92 Å². The van der Waals surface area contributed by atoms with Gasteiger partial charge in [-0.15, -0.1) is 21.5 Å². The molecule has 0 radical (unpaired) electrons. The number of nitrogens with one attached hydrogen (secondary N) is 1. The van der Waals surface area contributed by atoms with Gasteiger partial charge in [-0.3, -0.25) is 14.9 Å². The molecule has 2 aliphatic heterocycles. The Hall–Kier alpha value is -1.89. The normalized spacial score (nSPS) is 25.8. The van der Waals surface area contributed by atoms with Gasteiger partial charge in [-0.05, 0) is 30.7 Å². The topological polar surface area (TPSA) is 58.3 Å². The highest BCUT2D eigenvalue weighted by atomic mass is 32.1. The molecule has 2 atom stereocenters. The molecule has 6 nitrogen and oxygen atoms in total. The minimum atomic E-state index is 0.0927. The average molecular weight is 286 g/mol. The molecule has 0 aromatic carbocycles. The molecule has 0 spiro atoms. The molecule has 3 aliphatic rings. The van der Waals surface area contributed by atoms with Crippen molar-refractivity contribution >= 4 is 23.6 Å². The summed E-state index contributed by atoms with van der Waals surface area (Å²) in [6.07, 6.45) is 7.35. The fourth-order valence-corrected chi connectivity index (χ4v) is 4.94. The Morgan fingerprint density at radius 2 is 2.40 bits per heavy atom. The molecule has 0 fully saturated rings. The monoisotopic (exact) mass is 286 g/mol. The standard InChI is InChI=1S/C13H14N6S/c1-7-2-3-8-9(4-7)20-12-10(8)11-16-14-5-18(11)13-17-15-6-19(12)13/h5-7,11,16H,2-4H2,1H3/t7-,11?/m0/s1. The van der Waals surface area contributed by atoms with Gasteiger partial charge < -0.3 is 0 Å². The molecule has 1 aliphatic carbocycles. The lowest BCUT2D eigenvalue weighted by Gasteiger charge is -2.29. The zero-order valence-electron chi connectivity index (χ0n) is 11.1. The van der Waals surface area contributed by atoms with Crippen LogP contribution in [-0.2, 0) is 12.8 Å². The third-order valence-corrected chi connectivity index (χ3v) is 5.71. The van der Waals surface area contributed by atoms with Gasteiger partial charge >= 0.3 is 0 Å². The maximum Gasteiger partial charge on any atom is 0.239 e. The number of hydrazone groups is 1. The first kappa shape index (κ1) is 10.8. The summed E-state index contributed by atoms with van der Waals surface area (Å²) in [5, 5.41) is 13.8. The summed E-state index contributed by atoms with van der Waals surface area (Å²) in [6.45, 7) is 2.34. The molecule has 1 N–H and O–H groups in total. The molecule has 0 saturated heterocycles. The van der Waals surface area contributed by atoms with Crippen LogP contribution in [0.2, 0.25) is 0 Å². The average Bonchev–Trinajstić information content (AvgIpc) is 3.14. The minimum Gasteiger partial charge on any atom is -0.281 e. The summed E-state index contributed by atoms with van der Waals surface area (Å²) < 4.78 is 2.10. The predicted octanol–water partition coefficient (Wildman–Crippen LogP) is 1.82. The van der Waals surface area contributed by atoms with E-state index in [1.807, 2.05) is 24.0 Å². The maximum absolute atomic E-state index is 4.23. The molecule has 0 saturated carbocycles. The first-order chi connectivity index (χ1) is 9.83. The van der Waals surface area contributed by atoms with E-state index in [0.29, 0.717) is 0 Å². The van der Waals surface area contributed by atoms with Crippen LogP contribution < -0.4 is 10.3 Å². The number of fused-ring (bicyclic) bond motifs is 8. The molecule has 0 amide bonds. The molecule has 4 heterocycles. The van der Waals surface area contributed by atoms with Gasteiger partial charge in [0.15, 0.2) is 6.17 Å². The summed E-state index contributed by atoms with van der Waals surface area (Å²) in [5.74, 6) is 1.63. The first-order valence-electron chi connectivity index (χ1n) is 6.95. The van der Waals surface area contributed by atoms with E-state index in [1.165, 1.54) is 40.3 Å². The van der Waals surface area contributed by atoms with E-state index in [1.54, 1.807) is 0 Å². The Labute approximate surface area is 120 Å². The molecular weight excluding hydrogens is 272 g/mol. The second kappa shape index (κ2) is 3.60. The third kappa shape index (κ3) is 1.21. The number of hydrogen-bond donors (Lipinski definition) is 1. The smallest absolute Gasteiger partial charge is 0.239 e. The first-order valence-corrected chi connectivity index (χ1v) is 7.76. The molecular formula is C13H14N6S. The van der Waals surface area contributed by atoms with E-state index >= 15 is 0 Å². The zero-order chi connectivity index (χ0) is 13.3. The summed E-state index contributed by atoms with van der Waals surface area (Å²) in [4.78, 5) is 3.60. The van der Waals surface area contributed by atoms with Gasteiger partial charge in [0.1, 0.15) is 17.7 Å². The van der Waals surface area contributed by atoms with E-state index in [9.17, 15) is 0 Å². The third-order valence-electron chi connectivity index (χ3n) is 4.44. The van der Waals surface area contributed by atoms with Crippen LogP contribution in [0.3, 0.4) is 0 Å². The fourth-order valence-electron chi connectivity index (χ4n) is 3.44. The lowest BCUT2D eigenvalue weighted by molar-refractivity contribution is 0.499. The molecule has 2 aromatic rings. The van der Waals surface area contributed by atoms with Gasteiger partial charge in [0.05, 0.1) is 0 Å². The number of aromatic nitrogens is 3. The van der Waals surface area contributed by atoms with Crippen LogP contribution in [-0.4, -0.2) is 21.1 Å². The van der Waals surface area contributed by atoms with Crippen LogP contribution in [0.4, 0.5) is 5.95 Å². The van der Waals surface area contributed by atoms with E-state index in [-0.39, 0.29) is 6.17 Å². The van der Waals surface area contributed by atoms with Crippen LogP contribution in [0.25, 0.3) is 5.00 Å². The fraction of sp³-hybridized carbons (Fsp3) is 0.462. The number of anilines is 1. The van der Waals surface area contributed by atoms with Crippen LogP contribution >= 0.6 is 11.3 Å². The van der Waals surface area contributed by atoms with Gasteiger partial charge in [0.25, 0.3) is 0 Å². The number of rotatable bonds is 0. The molecule has 102 valence electrons. The molecule has 5 rings (SSSR count). The summed E-state index contributed by atoms with van der Waals surface area (Å²) in [5.41, 5.74) is 6.11. The maximum atomic E-state index is 4.23. The van der Waals surface area contributed by atoms with Crippen molar-refractivity contribution in [2.45, 2.75) is 32.4 Å². The van der Waals surface area contributed by atoms with Crippen LogP contribution in [0.5, 0.6) is 0 Å². The van der Waals surface area contributed by atoms with E-state index in [0.717, 1.165) is 11.9 Å². The lowest BCUT2D eigenvalue weighted by atomic mass is 9.87. The van der Waals surface area contributed by atoms with Gasteiger partial charge in [-0.2, -0.15) is 5.10 Å². The highest BCUT2D eigenvalue weighted by Crippen LogP contribution is 2.46. The Kier molecular flexibility index (Phi) is 1.95. The number of nitrogens with zero attached hydrogens (tertiary/aromatic N) is 5. The van der Waals surface area contributed by atoms with E-state index in [2.05, 4.69) is 37.1 Å². The van der Waals surface area contributed by atoms with Crippen molar-refractivity contribution in [3.05, 3.63) is 22.3 Å². The molecule has 7 heteroatoms. The van der Waals surface area contributed by atoms with Gasteiger partial charge in [-0.25, -0.2) is 0 Å². The van der Waals surface area contributed by atoms with Crippen molar-refractivity contribution in [2.75, 3.05) is 4.90 Å². The van der Waals surface area contributed by atoms with Crippen molar-refractivity contribution < 1.29 is 0 Å². The summed E-state index contributed by atoms with van der Waals surface area (Å²) >= 11 is 1.90. The van der Waals surface area contributed by atoms with E-state index < -0.39 is 0 Å². The van der Waals surface area contributed by atoms with E-state index in [4.69, 9.17) is 0 Å². The van der Waals surface area contributed by atoms with Crippen LogP contribution in [0.15, 0.2) is 11.4 Å². The predicted molar refractivity (Wildman–Crippen MR) is 77.3 cm³/mol. The lowest BCUT2D eigenvalue weighted by Crippen LogP contribution is -2.35. The molecule has 1 unspecified atom stereocenters. The highest BCUT2D eigenvalue weighted by molar-refractivity contribution is 7.15. The molecule has 20 heavy (non-hydrogen) atoms. The van der Waals surface area contributed by atoms with Crippen molar-refractivity contribution in [2.24, 2.45) is 11.0 Å². The highest BCUT2D eigenvalue weighted by Gasteiger charge is 2.39. The summed E-state index contributed by atoms with van der Waals surface area (Å²) in [7, 11) is 0. The molecule has 2 aromatic heterocycles. The van der Waals surface area contributed by atoms with Crippen LogP contribution in [0, 0.1) is 5.92 Å². The minimum absolute atomic E-state index is 0.0927. The Bertz CT molecular complexity index is 729. The molecule has 0 bridgehead atoms. The van der Waals surface area contributed by atoms with Crippen molar-refractivity contribution in [3.8, 4) is 5.00 Å². The quantitative estimate of drug-likeness (QED) is 0.802. The zero-order valence-corrected chi connectivity index (χ0v) is 11.9. The number of hydrogen-bond acceptors (Lipinski definition) is 6. The Morgan fingerprint density at radius 1 is 1.45 bits per heavy atom. The second-order valence-electron chi connectivity index (χ2n) is 5.76. The summed E-state index contributed by atoms with van der Waals surface area (Å²) in [6, 6.07) is 0. The second-order valence-corrected chi connectivity index (χ2v) is 6.84. The van der Waals surface area contributed by atoms with Crippen molar-refractivity contribution in [1.82, 2.24) is 20.2 Å². The van der Waals surface area contributed by atoms with Crippen LogP contribution in [0.1, 0.15) is 35.5 Å². The van der Waals surface area contributed by atoms with Crippen molar-refractivity contribution in [3.63, 3.8) is 0 Å². The Morgan fingerprint density at radius 3 is 3.35 bits per heavy atom. The SMILES string of the molecule is C[C@H]1CCc2c(sc3c2C2NN=CN2c2nncn2-3)C1. The van der Waals surface area contributed by atoms with Gasteiger partial charge in [0, 0.05) is 10.4 Å². The largest absolute Gasteiger partial charge is 0.281 e. The van der Waals surface area contributed by atoms with Crippen molar-refractivity contribution in [1.29, 1.82) is 0 Å². The Balaban J connectivity index is 1.78.